The third kappa shape index (κ3) is 2.17. The Hall–Kier alpha value is -0.610. The van der Waals surface area contributed by atoms with Gasteiger partial charge in [0.05, 0.1) is 7.11 Å². The summed E-state index contributed by atoms with van der Waals surface area (Å²) in [7, 11) is 1.55. The molecule has 4 nitrogen and oxygen atoms in total. The smallest absolute Gasteiger partial charge is 0.327 e. The number of hydrogen-bond acceptors (Lipinski definition) is 4. The molecule has 20 heavy (non-hydrogen) atoms. The molecule has 4 heteroatoms. The SMILES string of the molecule is COC(=O)C(CN1CC2CCC1C2)(NC1CC1)C1CC1. The van der Waals surface area contributed by atoms with Gasteiger partial charge >= 0.3 is 5.97 Å². The minimum atomic E-state index is -0.416. The minimum absolute atomic E-state index is 0.0188. The molecule has 3 saturated carbocycles. The van der Waals surface area contributed by atoms with Gasteiger partial charge in [0.25, 0.3) is 0 Å². The van der Waals surface area contributed by atoms with E-state index in [0.29, 0.717) is 12.0 Å². The summed E-state index contributed by atoms with van der Waals surface area (Å²) in [5.41, 5.74) is -0.416. The van der Waals surface area contributed by atoms with E-state index >= 15 is 0 Å². The number of hydrogen-bond donors (Lipinski definition) is 1. The quantitative estimate of drug-likeness (QED) is 0.748. The summed E-state index contributed by atoms with van der Waals surface area (Å²) in [5.74, 6) is 1.36. The fourth-order valence-electron chi connectivity index (χ4n) is 4.47. The van der Waals surface area contributed by atoms with Crippen molar-refractivity contribution < 1.29 is 9.53 Å². The molecule has 3 atom stereocenters. The second kappa shape index (κ2) is 4.70. The lowest BCUT2D eigenvalue weighted by Crippen LogP contribution is -2.62. The van der Waals surface area contributed by atoms with Gasteiger partial charge in [-0.1, -0.05) is 0 Å². The Balaban J connectivity index is 1.54. The van der Waals surface area contributed by atoms with Crippen LogP contribution in [-0.2, 0) is 9.53 Å². The molecule has 4 fully saturated rings. The monoisotopic (exact) mass is 278 g/mol. The second-order valence-electron chi connectivity index (χ2n) is 7.42. The average Bonchev–Trinajstić information content (AvgIpc) is 3.37. The van der Waals surface area contributed by atoms with Gasteiger partial charge in [-0.25, -0.2) is 4.79 Å². The van der Waals surface area contributed by atoms with Crippen LogP contribution in [0, 0.1) is 11.8 Å². The fraction of sp³-hybridized carbons (Fsp3) is 0.938. The molecule has 1 N–H and O–H groups in total. The number of rotatable bonds is 6. The van der Waals surface area contributed by atoms with Crippen LogP contribution in [0.2, 0.25) is 0 Å². The normalized spacial score (nSPS) is 36.0. The minimum Gasteiger partial charge on any atom is -0.468 e. The molecule has 0 amide bonds. The summed E-state index contributed by atoms with van der Waals surface area (Å²) >= 11 is 0. The first-order valence-electron chi connectivity index (χ1n) is 8.31. The number of fused-ring (bicyclic) bond motifs is 2. The molecular formula is C16H26N2O2. The van der Waals surface area contributed by atoms with Gasteiger partial charge in [-0.05, 0) is 56.8 Å². The van der Waals surface area contributed by atoms with E-state index < -0.39 is 5.54 Å². The lowest BCUT2D eigenvalue weighted by molar-refractivity contribution is -0.151. The lowest BCUT2D eigenvalue weighted by Gasteiger charge is -2.39. The molecular weight excluding hydrogens is 252 g/mol. The Bertz CT molecular complexity index is 405. The van der Waals surface area contributed by atoms with E-state index in [0.717, 1.165) is 18.5 Å². The van der Waals surface area contributed by atoms with Gasteiger partial charge in [0.1, 0.15) is 5.54 Å². The van der Waals surface area contributed by atoms with Crippen LogP contribution in [0.5, 0.6) is 0 Å². The predicted octanol–water partition coefficient (Wildman–Crippen LogP) is 1.54. The Morgan fingerprint density at radius 1 is 1.25 bits per heavy atom. The molecule has 3 aliphatic carbocycles. The number of nitrogens with one attached hydrogen (secondary N) is 1. The predicted molar refractivity (Wildman–Crippen MR) is 76.3 cm³/mol. The largest absolute Gasteiger partial charge is 0.468 e. The summed E-state index contributed by atoms with van der Waals surface area (Å²) in [6, 6.07) is 1.28. The maximum Gasteiger partial charge on any atom is 0.327 e. The highest BCUT2D eigenvalue weighted by Crippen LogP contribution is 2.45. The first kappa shape index (κ1) is 13.1. The van der Waals surface area contributed by atoms with Crippen molar-refractivity contribution in [1.29, 1.82) is 0 Å². The zero-order chi connectivity index (χ0) is 13.7. The van der Waals surface area contributed by atoms with Crippen molar-refractivity contribution in [2.24, 2.45) is 11.8 Å². The first-order chi connectivity index (χ1) is 9.71. The molecule has 0 aromatic heterocycles. The summed E-state index contributed by atoms with van der Waals surface area (Å²) in [6.07, 6.45) is 8.87. The summed E-state index contributed by atoms with van der Waals surface area (Å²) in [4.78, 5) is 15.1. The van der Waals surface area contributed by atoms with Gasteiger partial charge in [0.2, 0.25) is 0 Å². The average molecular weight is 278 g/mol. The van der Waals surface area contributed by atoms with Gasteiger partial charge < -0.3 is 4.74 Å². The zero-order valence-corrected chi connectivity index (χ0v) is 12.4. The van der Waals surface area contributed by atoms with Crippen molar-refractivity contribution in [3.63, 3.8) is 0 Å². The van der Waals surface area contributed by atoms with Crippen molar-refractivity contribution in [3.8, 4) is 0 Å². The highest BCUT2D eigenvalue weighted by molar-refractivity contribution is 5.82. The number of likely N-dealkylation sites (tertiary alicyclic amines) is 1. The molecule has 0 radical (unpaired) electrons. The van der Waals surface area contributed by atoms with E-state index in [-0.39, 0.29) is 5.97 Å². The van der Waals surface area contributed by atoms with Crippen molar-refractivity contribution in [2.45, 2.75) is 62.6 Å². The maximum absolute atomic E-state index is 12.6. The molecule has 1 saturated heterocycles. The van der Waals surface area contributed by atoms with E-state index in [4.69, 9.17) is 4.74 Å². The van der Waals surface area contributed by atoms with Gasteiger partial charge in [-0.2, -0.15) is 0 Å². The van der Waals surface area contributed by atoms with Crippen LogP contribution in [-0.4, -0.2) is 48.7 Å². The van der Waals surface area contributed by atoms with Crippen molar-refractivity contribution in [2.75, 3.05) is 20.2 Å². The molecule has 3 unspecified atom stereocenters. The summed E-state index contributed by atoms with van der Waals surface area (Å²) in [5, 5.41) is 3.69. The Labute approximate surface area is 121 Å². The molecule has 4 rings (SSSR count). The van der Waals surface area contributed by atoms with Gasteiger partial charge in [-0.3, -0.25) is 10.2 Å². The van der Waals surface area contributed by atoms with Crippen LogP contribution < -0.4 is 5.32 Å². The number of ether oxygens (including phenoxy) is 1. The Morgan fingerprint density at radius 2 is 2.05 bits per heavy atom. The van der Waals surface area contributed by atoms with Gasteiger partial charge in [0.15, 0.2) is 0 Å². The number of carbonyl (C=O) groups is 1. The topological polar surface area (TPSA) is 41.6 Å². The second-order valence-corrected chi connectivity index (χ2v) is 7.42. The van der Waals surface area contributed by atoms with Crippen LogP contribution in [0.15, 0.2) is 0 Å². The highest BCUT2D eigenvalue weighted by Gasteiger charge is 2.56. The Kier molecular flexibility index (Phi) is 3.08. The third-order valence-electron chi connectivity index (χ3n) is 5.84. The van der Waals surface area contributed by atoms with E-state index in [2.05, 4.69) is 10.2 Å². The summed E-state index contributed by atoms with van der Waals surface area (Å²) < 4.78 is 5.21. The molecule has 0 aromatic carbocycles. The van der Waals surface area contributed by atoms with Crippen LogP contribution in [0.1, 0.15) is 44.9 Å². The van der Waals surface area contributed by atoms with Crippen LogP contribution in [0.25, 0.3) is 0 Å². The van der Waals surface area contributed by atoms with Gasteiger partial charge in [-0.15, -0.1) is 0 Å². The molecule has 2 bridgehead atoms. The summed E-state index contributed by atoms with van der Waals surface area (Å²) in [6.45, 7) is 2.07. The fourth-order valence-corrected chi connectivity index (χ4v) is 4.47. The van der Waals surface area contributed by atoms with Crippen molar-refractivity contribution >= 4 is 5.97 Å². The zero-order valence-electron chi connectivity index (χ0n) is 12.4. The number of nitrogens with zero attached hydrogens (tertiary/aromatic N) is 1. The lowest BCUT2D eigenvalue weighted by atomic mass is 9.91. The molecule has 1 aliphatic heterocycles. The molecule has 4 aliphatic rings. The molecule has 0 spiro atoms. The van der Waals surface area contributed by atoms with E-state index in [1.807, 2.05) is 0 Å². The molecule has 1 heterocycles. The van der Waals surface area contributed by atoms with E-state index in [1.165, 1.54) is 51.5 Å². The molecule has 112 valence electrons. The highest BCUT2D eigenvalue weighted by atomic mass is 16.5. The third-order valence-corrected chi connectivity index (χ3v) is 5.84. The van der Waals surface area contributed by atoms with E-state index in [1.54, 1.807) is 7.11 Å². The van der Waals surface area contributed by atoms with Crippen LogP contribution in [0.4, 0.5) is 0 Å². The van der Waals surface area contributed by atoms with Crippen LogP contribution >= 0.6 is 0 Å². The number of piperidine rings is 1. The van der Waals surface area contributed by atoms with Gasteiger partial charge in [0, 0.05) is 25.2 Å². The van der Waals surface area contributed by atoms with E-state index in [9.17, 15) is 4.79 Å². The number of carbonyl (C=O) groups excluding carboxylic acids is 1. The van der Waals surface area contributed by atoms with Crippen molar-refractivity contribution in [3.05, 3.63) is 0 Å². The van der Waals surface area contributed by atoms with Crippen molar-refractivity contribution in [1.82, 2.24) is 10.2 Å². The van der Waals surface area contributed by atoms with Crippen LogP contribution in [0.3, 0.4) is 0 Å². The Morgan fingerprint density at radius 3 is 2.55 bits per heavy atom. The number of methoxy groups -OCH3 is 1. The number of esters is 1. The molecule has 0 aromatic rings. The standard InChI is InChI=1S/C16H26N2O2/c1-20-15(19)16(12-3-4-12,17-13-5-6-13)10-18-9-11-2-7-14(18)8-11/h11-14,17H,2-10H2,1H3. The maximum atomic E-state index is 12.6. The first-order valence-corrected chi connectivity index (χ1v) is 8.31.